The van der Waals surface area contributed by atoms with Crippen molar-refractivity contribution >= 4 is 5.69 Å². The molecular weight excluding hydrogens is 239 g/mol. The molecule has 1 N–H and O–H groups in total. The number of aliphatic hydroxyl groups excluding tert-OH is 1. The summed E-state index contributed by atoms with van der Waals surface area (Å²) in [5.41, 5.74) is -1.62. The standard InChI is InChI=1S/C10H10F3NO3/c1-6(5-15)7-2-8(10(11,12)13)4-9(3-7)14(16)17/h2-4,6,15H,5H2,1H3. The highest BCUT2D eigenvalue weighted by Crippen LogP contribution is 2.34. The molecule has 0 aliphatic heterocycles. The molecule has 7 heteroatoms. The van der Waals surface area contributed by atoms with E-state index in [1.54, 1.807) is 0 Å². The zero-order valence-electron chi connectivity index (χ0n) is 8.86. The normalized spacial score (nSPS) is 13.5. The number of rotatable bonds is 3. The van der Waals surface area contributed by atoms with Gasteiger partial charge < -0.3 is 5.11 Å². The average Bonchev–Trinajstić information content (AvgIpc) is 2.26. The van der Waals surface area contributed by atoms with E-state index in [1.165, 1.54) is 6.92 Å². The fourth-order valence-corrected chi connectivity index (χ4v) is 1.29. The van der Waals surface area contributed by atoms with Gasteiger partial charge in [-0.1, -0.05) is 6.92 Å². The maximum Gasteiger partial charge on any atom is 0.416 e. The summed E-state index contributed by atoms with van der Waals surface area (Å²) in [5.74, 6) is -0.587. The lowest BCUT2D eigenvalue weighted by Crippen LogP contribution is -2.08. The number of halogens is 3. The highest BCUT2D eigenvalue weighted by atomic mass is 19.4. The number of hydrogen-bond acceptors (Lipinski definition) is 3. The molecule has 0 spiro atoms. The second-order valence-corrected chi connectivity index (χ2v) is 3.65. The van der Waals surface area contributed by atoms with E-state index in [1.807, 2.05) is 0 Å². The van der Waals surface area contributed by atoms with Crippen LogP contribution in [0.2, 0.25) is 0 Å². The Kier molecular flexibility index (Phi) is 3.72. The van der Waals surface area contributed by atoms with E-state index in [2.05, 4.69) is 0 Å². The van der Waals surface area contributed by atoms with Crippen LogP contribution < -0.4 is 0 Å². The third kappa shape index (κ3) is 3.16. The number of nitrogens with zero attached hydrogens (tertiary/aromatic N) is 1. The molecule has 1 atom stereocenters. The molecule has 94 valence electrons. The Bertz CT molecular complexity index is 431. The van der Waals surface area contributed by atoms with Gasteiger partial charge in [0.1, 0.15) is 0 Å². The van der Waals surface area contributed by atoms with Gasteiger partial charge in [0.2, 0.25) is 0 Å². The summed E-state index contributed by atoms with van der Waals surface area (Å²) in [4.78, 5) is 9.63. The highest BCUT2D eigenvalue weighted by molar-refractivity contribution is 5.41. The monoisotopic (exact) mass is 249 g/mol. The van der Waals surface area contributed by atoms with Gasteiger partial charge in [-0.15, -0.1) is 0 Å². The molecule has 0 amide bonds. The minimum Gasteiger partial charge on any atom is -0.396 e. The number of alkyl halides is 3. The van der Waals surface area contributed by atoms with Crippen molar-refractivity contribution in [2.24, 2.45) is 0 Å². The highest BCUT2D eigenvalue weighted by Gasteiger charge is 2.33. The molecule has 4 nitrogen and oxygen atoms in total. The number of nitro groups is 1. The quantitative estimate of drug-likeness (QED) is 0.661. The number of aliphatic hydroxyl groups is 1. The van der Waals surface area contributed by atoms with E-state index < -0.39 is 28.3 Å². The second kappa shape index (κ2) is 4.70. The first-order valence-corrected chi connectivity index (χ1v) is 4.73. The van der Waals surface area contributed by atoms with Crippen molar-refractivity contribution in [2.75, 3.05) is 6.61 Å². The lowest BCUT2D eigenvalue weighted by molar-refractivity contribution is -0.385. The van der Waals surface area contributed by atoms with Gasteiger partial charge in [-0.2, -0.15) is 13.2 Å². The fraction of sp³-hybridized carbons (Fsp3) is 0.400. The Balaban J connectivity index is 3.34. The van der Waals surface area contributed by atoms with Crippen molar-refractivity contribution in [1.82, 2.24) is 0 Å². The maximum absolute atomic E-state index is 12.5. The van der Waals surface area contributed by atoms with Crippen molar-refractivity contribution in [2.45, 2.75) is 19.0 Å². The van der Waals surface area contributed by atoms with Gasteiger partial charge in [-0.05, 0) is 11.6 Å². The van der Waals surface area contributed by atoms with Crippen molar-refractivity contribution < 1.29 is 23.2 Å². The molecule has 1 unspecified atom stereocenters. The van der Waals surface area contributed by atoms with Crippen LogP contribution in [0.5, 0.6) is 0 Å². The number of non-ortho nitro benzene ring substituents is 1. The second-order valence-electron chi connectivity index (χ2n) is 3.65. The Morgan fingerprint density at radius 3 is 2.41 bits per heavy atom. The Morgan fingerprint density at radius 2 is 2.00 bits per heavy atom. The molecule has 0 aromatic heterocycles. The van der Waals surface area contributed by atoms with Gasteiger partial charge in [0.05, 0.1) is 10.5 Å². The van der Waals surface area contributed by atoms with Crippen LogP contribution in [-0.2, 0) is 6.18 Å². The van der Waals surface area contributed by atoms with Crippen LogP contribution in [0.25, 0.3) is 0 Å². The van der Waals surface area contributed by atoms with E-state index in [0.29, 0.717) is 6.07 Å². The van der Waals surface area contributed by atoms with Crippen LogP contribution in [0.4, 0.5) is 18.9 Å². The molecule has 0 fully saturated rings. The topological polar surface area (TPSA) is 63.4 Å². The molecule has 0 radical (unpaired) electrons. The van der Waals surface area contributed by atoms with Crippen LogP contribution in [0.1, 0.15) is 24.0 Å². The summed E-state index contributed by atoms with van der Waals surface area (Å²) < 4.78 is 37.5. The van der Waals surface area contributed by atoms with Crippen LogP contribution in [0.15, 0.2) is 18.2 Å². The van der Waals surface area contributed by atoms with Crippen LogP contribution in [0, 0.1) is 10.1 Å². The molecular formula is C10H10F3NO3. The summed E-state index contributed by atoms with van der Waals surface area (Å²) in [6.07, 6.45) is -4.64. The van der Waals surface area contributed by atoms with E-state index in [4.69, 9.17) is 5.11 Å². The predicted molar refractivity (Wildman–Crippen MR) is 53.6 cm³/mol. The molecule has 1 rings (SSSR count). The minimum atomic E-state index is -4.64. The Hall–Kier alpha value is -1.63. The van der Waals surface area contributed by atoms with Crippen LogP contribution in [0.3, 0.4) is 0 Å². The van der Waals surface area contributed by atoms with Crippen molar-refractivity contribution in [3.8, 4) is 0 Å². The van der Waals surface area contributed by atoms with Gasteiger partial charge in [0, 0.05) is 24.7 Å². The van der Waals surface area contributed by atoms with E-state index >= 15 is 0 Å². The molecule has 1 aromatic rings. The third-order valence-electron chi connectivity index (χ3n) is 2.32. The fourth-order valence-electron chi connectivity index (χ4n) is 1.29. The number of benzene rings is 1. The maximum atomic E-state index is 12.5. The molecule has 0 bridgehead atoms. The Labute approximate surface area is 94.8 Å². The molecule has 0 aliphatic rings. The Morgan fingerprint density at radius 1 is 1.41 bits per heavy atom. The lowest BCUT2D eigenvalue weighted by atomic mass is 9.99. The van der Waals surface area contributed by atoms with Crippen molar-refractivity contribution in [3.63, 3.8) is 0 Å². The smallest absolute Gasteiger partial charge is 0.396 e. The molecule has 0 aliphatic carbocycles. The largest absolute Gasteiger partial charge is 0.416 e. The van der Waals surface area contributed by atoms with E-state index in [0.717, 1.165) is 12.1 Å². The average molecular weight is 249 g/mol. The first-order chi connectivity index (χ1) is 7.75. The van der Waals surface area contributed by atoms with E-state index in [9.17, 15) is 23.3 Å². The third-order valence-corrected chi connectivity index (χ3v) is 2.32. The van der Waals surface area contributed by atoms with Gasteiger partial charge >= 0.3 is 6.18 Å². The predicted octanol–water partition coefficient (Wildman–Crippen LogP) is 2.71. The van der Waals surface area contributed by atoms with Crippen molar-refractivity contribution in [3.05, 3.63) is 39.4 Å². The summed E-state index contributed by atoms with van der Waals surface area (Å²) in [6, 6.07) is 2.33. The SMILES string of the molecule is CC(CO)c1cc([N+](=O)[O-])cc(C(F)(F)F)c1. The first-order valence-electron chi connectivity index (χ1n) is 4.73. The number of nitro benzene ring substituents is 1. The van der Waals surface area contributed by atoms with Gasteiger partial charge in [-0.25, -0.2) is 0 Å². The summed E-state index contributed by atoms with van der Waals surface area (Å²) >= 11 is 0. The summed E-state index contributed by atoms with van der Waals surface area (Å²) in [5, 5.41) is 19.4. The van der Waals surface area contributed by atoms with Gasteiger partial charge in [0.15, 0.2) is 0 Å². The van der Waals surface area contributed by atoms with Crippen LogP contribution in [-0.4, -0.2) is 16.6 Å². The van der Waals surface area contributed by atoms with Gasteiger partial charge in [-0.3, -0.25) is 10.1 Å². The molecule has 17 heavy (non-hydrogen) atoms. The lowest BCUT2D eigenvalue weighted by Gasteiger charge is -2.12. The first kappa shape index (κ1) is 13.4. The van der Waals surface area contributed by atoms with E-state index in [-0.39, 0.29) is 12.2 Å². The van der Waals surface area contributed by atoms with Crippen LogP contribution >= 0.6 is 0 Å². The minimum absolute atomic E-state index is 0.0917. The summed E-state index contributed by atoms with van der Waals surface area (Å²) in [7, 11) is 0. The zero-order chi connectivity index (χ0) is 13.2. The van der Waals surface area contributed by atoms with Crippen molar-refractivity contribution in [1.29, 1.82) is 0 Å². The zero-order valence-corrected chi connectivity index (χ0v) is 8.86. The molecule has 0 heterocycles. The van der Waals surface area contributed by atoms with Gasteiger partial charge in [0.25, 0.3) is 5.69 Å². The molecule has 0 saturated carbocycles. The number of hydrogen-bond donors (Lipinski definition) is 1. The molecule has 1 aromatic carbocycles. The molecule has 0 saturated heterocycles. The summed E-state index contributed by atoms with van der Waals surface area (Å²) in [6.45, 7) is 1.11.